The molecule has 0 radical (unpaired) electrons. The lowest BCUT2D eigenvalue weighted by atomic mass is 9.87. The van der Waals surface area contributed by atoms with Gasteiger partial charge in [-0.05, 0) is 47.8 Å². The third kappa shape index (κ3) is 3.42. The van der Waals surface area contributed by atoms with Gasteiger partial charge in [-0.15, -0.1) is 0 Å². The minimum Gasteiger partial charge on any atom is -0.338 e. The Morgan fingerprint density at radius 1 is 1.47 bits per heavy atom. The lowest BCUT2D eigenvalue weighted by Crippen LogP contribution is -2.50. The Morgan fingerprint density at radius 3 is 2.53 bits per heavy atom. The zero-order chi connectivity index (χ0) is 13.1. The van der Waals surface area contributed by atoms with E-state index in [2.05, 4.69) is 31.0 Å². The van der Waals surface area contributed by atoms with Gasteiger partial charge in [0.25, 0.3) is 0 Å². The van der Waals surface area contributed by atoms with Gasteiger partial charge in [0, 0.05) is 25.7 Å². The van der Waals surface area contributed by atoms with Crippen molar-refractivity contribution in [3.05, 3.63) is 0 Å². The summed E-state index contributed by atoms with van der Waals surface area (Å²) in [6.07, 6.45) is 0.955. The molecule has 0 spiro atoms. The van der Waals surface area contributed by atoms with Crippen LogP contribution < -0.4 is 5.32 Å². The molecule has 1 aliphatic rings. The van der Waals surface area contributed by atoms with Crippen LogP contribution in [0.4, 0.5) is 0 Å². The van der Waals surface area contributed by atoms with E-state index in [0.29, 0.717) is 5.91 Å². The zero-order valence-electron chi connectivity index (χ0n) is 11.9. The maximum atomic E-state index is 12.6. The highest BCUT2D eigenvalue weighted by atomic mass is 16.2. The number of amides is 1. The predicted molar refractivity (Wildman–Crippen MR) is 71.0 cm³/mol. The lowest BCUT2D eigenvalue weighted by Gasteiger charge is -2.36. The SMILES string of the molecule is CCN(C(=O)C1(C)CCNC1)C(C)CN(C)C. The van der Waals surface area contributed by atoms with Crippen LogP contribution in [0, 0.1) is 5.41 Å². The maximum Gasteiger partial charge on any atom is 0.230 e. The van der Waals surface area contributed by atoms with E-state index in [1.807, 2.05) is 19.0 Å². The van der Waals surface area contributed by atoms with Crippen molar-refractivity contribution in [1.82, 2.24) is 15.1 Å². The van der Waals surface area contributed by atoms with E-state index in [9.17, 15) is 4.79 Å². The molecule has 0 aromatic carbocycles. The molecule has 4 nitrogen and oxygen atoms in total. The van der Waals surface area contributed by atoms with Crippen LogP contribution in [-0.4, -0.2) is 62.0 Å². The van der Waals surface area contributed by atoms with Crippen molar-refractivity contribution in [3.8, 4) is 0 Å². The highest BCUT2D eigenvalue weighted by Gasteiger charge is 2.39. The van der Waals surface area contributed by atoms with Gasteiger partial charge in [0.1, 0.15) is 0 Å². The van der Waals surface area contributed by atoms with Crippen LogP contribution in [0.1, 0.15) is 27.2 Å². The Balaban J connectivity index is 2.69. The second-order valence-electron chi connectivity index (χ2n) is 5.69. The molecule has 1 aliphatic heterocycles. The van der Waals surface area contributed by atoms with E-state index in [-0.39, 0.29) is 11.5 Å². The summed E-state index contributed by atoms with van der Waals surface area (Å²) in [5.41, 5.74) is -0.198. The average molecular weight is 241 g/mol. The first-order valence-electron chi connectivity index (χ1n) is 6.57. The molecule has 0 saturated carbocycles. The normalized spacial score (nSPS) is 26.2. The van der Waals surface area contributed by atoms with Crippen molar-refractivity contribution in [1.29, 1.82) is 0 Å². The maximum absolute atomic E-state index is 12.6. The van der Waals surface area contributed by atoms with Gasteiger partial charge >= 0.3 is 0 Å². The summed E-state index contributed by atoms with van der Waals surface area (Å²) in [5, 5.41) is 3.29. The molecule has 0 bridgehead atoms. The number of carbonyl (C=O) groups is 1. The fourth-order valence-corrected chi connectivity index (χ4v) is 2.63. The number of likely N-dealkylation sites (N-methyl/N-ethyl adjacent to an activating group) is 2. The number of hydrogen-bond acceptors (Lipinski definition) is 3. The largest absolute Gasteiger partial charge is 0.338 e. The first-order chi connectivity index (χ1) is 7.90. The number of carbonyl (C=O) groups excluding carboxylic acids is 1. The first kappa shape index (κ1) is 14.5. The molecule has 2 unspecified atom stereocenters. The van der Waals surface area contributed by atoms with E-state index in [1.54, 1.807) is 0 Å². The van der Waals surface area contributed by atoms with E-state index in [1.165, 1.54) is 0 Å². The molecule has 0 aromatic heterocycles. The summed E-state index contributed by atoms with van der Waals surface area (Å²) in [5.74, 6) is 0.305. The van der Waals surface area contributed by atoms with Gasteiger partial charge in [0.15, 0.2) is 0 Å². The van der Waals surface area contributed by atoms with E-state index >= 15 is 0 Å². The monoisotopic (exact) mass is 241 g/mol. The molecule has 1 saturated heterocycles. The zero-order valence-corrected chi connectivity index (χ0v) is 11.9. The number of hydrogen-bond donors (Lipinski definition) is 1. The van der Waals surface area contributed by atoms with Gasteiger partial charge in [0.05, 0.1) is 5.41 Å². The molecule has 1 heterocycles. The quantitative estimate of drug-likeness (QED) is 0.773. The second-order valence-corrected chi connectivity index (χ2v) is 5.69. The Labute approximate surface area is 105 Å². The Kier molecular flexibility index (Phi) is 4.95. The summed E-state index contributed by atoms with van der Waals surface area (Å²) in [6, 6.07) is 0.278. The van der Waals surface area contributed by atoms with Crippen LogP contribution in [0.15, 0.2) is 0 Å². The van der Waals surface area contributed by atoms with Gasteiger partial charge in [-0.25, -0.2) is 0 Å². The van der Waals surface area contributed by atoms with Gasteiger partial charge in [-0.1, -0.05) is 0 Å². The average Bonchev–Trinajstić information content (AvgIpc) is 2.66. The Bertz CT molecular complexity index is 259. The molecular formula is C13H27N3O. The van der Waals surface area contributed by atoms with Gasteiger partial charge in [-0.3, -0.25) is 4.79 Å². The van der Waals surface area contributed by atoms with Crippen molar-refractivity contribution in [3.63, 3.8) is 0 Å². The minimum atomic E-state index is -0.198. The van der Waals surface area contributed by atoms with Crippen molar-refractivity contribution in [2.45, 2.75) is 33.2 Å². The molecule has 4 heteroatoms. The Hall–Kier alpha value is -0.610. The molecular weight excluding hydrogens is 214 g/mol. The molecule has 1 N–H and O–H groups in total. The van der Waals surface area contributed by atoms with Crippen molar-refractivity contribution in [2.75, 3.05) is 40.3 Å². The van der Waals surface area contributed by atoms with E-state index < -0.39 is 0 Å². The molecule has 100 valence electrons. The molecule has 2 atom stereocenters. The fraction of sp³-hybridized carbons (Fsp3) is 0.923. The molecule has 17 heavy (non-hydrogen) atoms. The predicted octanol–water partition coefficient (Wildman–Crippen LogP) is 0.785. The standard InChI is InChI=1S/C13H27N3O/c1-6-16(11(2)9-15(4)5)12(17)13(3)7-8-14-10-13/h11,14H,6-10H2,1-5H3. The number of nitrogens with zero attached hydrogens (tertiary/aromatic N) is 2. The molecule has 1 rings (SSSR count). The first-order valence-corrected chi connectivity index (χ1v) is 6.57. The highest BCUT2D eigenvalue weighted by Crippen LogP contribution is 2.28. The number of rotatable bonds is 5. The summed E-state index contributed by atoms with van der Waals surface area (Å²) >= 11 is 0. The van der Waals surface area contributed by atoms with E-state index in [4.69, 9.17) is 0 Å². The molecule has 0 aromatic rings. The van der Waals surface area contributed by atoms with Crippen molar-refractivity contribution >= 4 is 5.91 Å². The highest BCUT2D eigenvalue weighted by molar-refractivity contribution is 5.83. The van der Waals surface area contributed by atoms with Crippen LogP contribution in [-0.2, 0) is 4.79 Å². The van der Waals surface area contributed by atoms with E-state index in [0.717, 1.165) is 32.6 Å². The molecule has 0 aliphatic carbocycles. The molecule has 1 fully saturated rings. The van der Waals surface area contributed by atoms with Crippen molar-refractivity contribution < 1.29 is 4.79 Å². The van der Waals surface area contributed by atoms with Crippen LogP contribution in [0.25, 0.3) is 0 Å². The summed E-state index contributed by atoms with van der Waals surface area (Å²) < 4.78 is 0. The smallest absolute Gasteiger partial charge is 0.230 e. The Morgan fingerprint density at radius 2 is 2.12 bits per heavy atom. The third-order valence-corrected chi connectivity index (χ3v) is 3.65. The van der Waals surface area contributed by atoms with Crippen LogP contribution in [0.2, 0.25) is 0 Å². The number of nitrogens with one attached hydrogen (secondary N) is 1. The van der Waals surface area contributed by atoms with Gasteiger partial charge in [-0.2, -0.15) is 0 Å². The minimum absolute atomic E-state index is 0.198. The van der Waals surface area contributed by atoms with Crippen LogP contribution >= 0.6 is 0 Å². The van der Waals surface area contributed by atoms with Crippen LogP contribution in [0.3, 0.4) is 0 Å². The van der Waals surface area contributed by atoms with Gasteiger partial charge < -0.3 is 15.1 Å². The summed E-state index contributed by atoms with van der Waals surface area (Å²) in [7, 11) is 4.10. The fourth-order valence-electron chi connectivity index (χ4n) is 2.63. The third-order valence-electron chi connectivity index (χ3n) is 3.65. The summed E-state index contributed by atoms with van der Waals surface area (Å²) in [4.78, 5) is 16.7. The van der Waals surface area contributed by atoms with Crippen molar-refractivity contribution in [2.24, 2.45) is 5.41 Å². The van der Waals surface area contributed by atoms with Gasteiger partial charge in [0.2, 0.25) is 5.91 Å². The lowest BCUT2D eigenvalue weighted by molar-refractivity contribution is -0.142. The summed E-state index contributed by atoms with van der Waals surface area (Å²) in [6.45, 7) is 9.77. The molecule has 1 amide bonds. The second kappa shape index (κ2) is 5.83. The topological polar surface area (TPSA) is 35.6 Å². The van der Waals surface area contributed by atoms with Crippen LogP contribution in [0.5, 0.6) is 0 Å².